The van der Waals surface area contributed by atoms with E-state index in [0.717, 1.165) is 54.5 Å². The zero-order chi connectivity index (χ0) is 17.4. The Balaban J connectivity index is 1.69. The van der Waals surface area contributed by atoms with Crippen LogP contribution in [-0.2, 0) is 19.9 Å². The van der Waals surface area contributed by atoms with Crippen molar-refractivity contribution in [2.75, 3.05) is 20.8 Å². The van der Waals surface area contributed by atoms with Gasteiger partial charge in [0.25, 0.3) is 0 Å². The van der Waals surface area contributed by atoms with E-state index in [1.165, 1.54) is 5.56 Å². The highest BCUT2D eigenvalue weighted by molar-refractivity contribution is 7.80. The lowest BCUT2D eigenvalue weighted by atomic mass is 10.1. The Kier molecular flexibility index (Phi) is 6.92. The molecule has 1 N–H and O–H groups in total. The van der Waals surface area contributed by atoms with Crippen LogP contribution >= 0.6 is 12.2 Å². The predicted molar refractivity (Wildman–Crippen MR) is 95.6 cm³/mol. The third-order valence-electron chi connectivity index (χ3n) is 3.70. The molecule has 0 aliphatic rings. The number of nitrogens with one attached hydrogen (secondary N) is 1. The van der Waals surface area contributed by atoms with Crippen molar-refractivity contribution < 1.29 is 9.47 Å². The highest BCUT2D eigenvalue weighted by atomic mass is 32.1. The van der Waals surface area contributed by atoms with Gasteiger partial charge in [-0.25, -0.2) is 4.68 Å². The monoisotopic (exact) mass is 349 g/mol. The van der Waals surface area contributed by atoms with Gasteiger partial charge in [-0.3, -0.25) is 0 Å². The van der Waals surface area contributed by atoms with Crippen molar-refractivity contribution in [2.24, 2.45) is 7.05 Å². The number of nitrogens with zero attached hydrogens (tertiary/aromatic N) is 4. The summed E-state index contributed by atoms with van der Waals surface area (Å²) in [6.45, 7) is 0.792. The fraction of sp³-hybridized carbons (Fsp3) is 0.500. The summed E-state index contributed by atoms with van der Waals surface area (Å²) in [5, 5.41) is 14.7. The summed E-state index contributed by atoms with van der Waals surface area (Å²) in [7, 11) is 5.12. The first-order chi connectivity index (χ1) is 11.6. The topological polar surface area (TPSA) is 74.1 Å². The molecule has 0 bridgehead atoms. The minimum absolute atomic E-state index is 0.739. The van der Waals surface area contributed by atoms with Crippen molar-refractivity contribution in [3.8, 4) is 11.5 Å². The number of aryl methyl sites for hydroxylation is 2. The average Bonchev–Trinajstić information content (AvgIpc) is 3.00. The Labute approximate surface area is 147 Å². The van der Waals surface area contributed by atoms with E-state index in [1.807, 2.05) is 25.2 Å². The van der Waals surface area contributed by atoms with Crippen molar-refractivity contribution in [1.29, 1.82) is 0 Å². The molecule has 0 saturated heterocycles. The Morgan fingerprint density at radius 3 is 2.67 bits per heavy atom. The second kappa shape index (κ2) is 9.17. The molecule has 0 aliphatic carbocycles. The number of hydrogen-bond acceptors (Lipinski definition) is 6. The van der Waals surface area contributed by atoms with E-state index in [2.05, 4.69) is 20.8 Å². The van der Waals surface area contributed by atoms with Crippen LogP contribution in [0, 0.1) is 0 Å². The van der Waals surface area contributed by atoms with E-state index in [1.54, 1.807) is 18.9 Å². The predicted octanol–water partition coefficient (Wildman–Crippen LogP) is 1.71. The van der Waals surface area contributed by atoms with Gasteiger partial charge in [0.2, 0.25) is 0 Å². The van der Waals surface area contributed by atoms with Crippen LogP contribution < -0.4 is 14.8 Å². The number of methoxy groups -OCH3 is 2. The fourth-order valence-electron chi connectivity index (χ4n) is 2.34. The number of benzene rings is 1. The van der Waals surface area contributed by atoms with Crippen molar-refractivity contribution >= 4 is 17.2 Å². The molecule has 7 nitrogen and oxygen atoms in total. The molecule has 0 amide bonds. The molecular formula is C16H23N5O2S. The van der Waals surface area contributed by atoms with E-state index >= 15 is 0 Å². The molecular weight excluding hydrogens is 326 g/mol. The third kappa shape index (κ3) is 5.16. The van der Waals surface area contributed by atoms with Gasteiger partial charge in [-0.1, -0.05) is 18.3 Å². The molecule has 1 aromatic heterocycles. The van der Waals surface area contributed by atoms with Crippen LogP contribution in [0.2, 0.25) is 0 Å². The van der Waals surface area contributed by atoms with Gasteiger partial charge in [-0.05, 0) is 47.4 Å². The number of ether oxygens (including phenoxy) is 2. The van der Waals surface area contributed by atoms with Gasteiger partial charge >= 0.3 is 0 Å². The Morgan fingerprint density at radius 1 is 1.21 bits per heavy atom. The number of hydrogen-bond donors (Lipinski definition) is 1. The second-order valence-corrected chi connectivity index (χ2v) is 5.85. The molecule has 0 aliphatic heterocycles. The second-order valence-electron chi connectivity index (χ2n) is 5.36. The van der Waals surface area contributed by atoms with Crippen LogP contribution in [0.1, 0.15) is 24.2 Å². The van der Waals surface area contributed by atoms with Gasteiger partial charge in [0, 0.05) is 20.0 Å². The third-order valence-corrected chi connectivity index (χ3v) is 4.04. The van der Waals surface area contributed by atoms with Crippen LogP contribution in [0.15, 0.2) is 18.2 Å². The Bertz CT molecular complexity index is 674. The van der Waals surface area contributed by atoms with E-state index in [-0.39, 0.29) is 0 Å². The molecule has 1 heterocycles. The van der Waals surface area contributed by atoms with E-state index in [0.29, 0.717) is 0 Å². The minimum Gasteiger partial charge on any atom is -0.493 e. The van der Waals surface area contributed by atoms with Crippen LogP contribution in [0.3, 0.4) is 0 Å². The first kappa shape index (κ1) is 18.1. The number of aromatic nitrogens is 4. The zero-order valence-electron chi connectivity index (χ0n) is 14.3. The van der Waals surface area contributed by atoms with Gasteiger partial charge in [0.05, 0.1) is 19.2 Å². The molecule has 0 radical (unpaired) electrons. The lowest BCUT2D eigenvalue weighted by Crippen LogP contribution is -2.24. The van der Waals surface area contributed by atoms with Crippen LogP contribution in [-0.4, -0.2) is 46.0 Å². The van der Waals surface area contributed by atoms with Crippen LogP contribution in [0.5, 0.6) is 11.5 Å². The summed E-state index contributed by atoms with van der Waals surface area (Å²) in [6, 6.07) is 5.94. The summed E-state index contributed by atoms with van der Waals surface area (Å²) in [4.78, 5) is 0.866. The van der Waals surface area contributed by atoms with Crippen molar-refractivity contribution in [1.82, 2.24) is 25.5 Å². The summed E-state index contributed by atoms with van der Waals surface area (Å²) in [5.41, 5.74) is 1.17. The molecule has 0 fully saturated rings. The fourth-order valence-corrected chi connectivity index (χ4v) is 2.58. The zero-order valence-corrected chi connectivity index (χ0v) is 15.1. The van der Waals surface area contributed by atoms with Gasteiger partial charge in [-0.2, -0.15) is 0 Å². The van der Waals surface area contributed by atoms with Gasteiger partial charge < -0.3 is 14.8 Å². The lowest BCUT2D eigenvalue weighted by molar-refractivity contribution is 0.354. The van der Waals surface area contributed by atoms with Crippen molar-refractivity contribution in [2.45, 2.75) is 25.7 Å². The number of thiocarbonyl (C=S) groups is 1. The van der Waals surface area contributed by atoms with Crippen molar-refractivity contribution in [3.63, 3.8) is 0 Å². The van der Waals surface area contributed by atoms with Crippen LogP contribution in [0.4, 0.5) is 0 Å². The SMILES string of the molecule is COc1ccc(CCNC(=S)CCCc2nnnn2C)cc1OC. The van der Waals surface area contributed by atoms with E-state index < -0.39 is 0 Å². The average molecular weight is 349 g/mol. The first-order valence-corrected chi connectivity index (χ1v) is 8.23. The standard InChI is InChI=1S/C16H23N5O2S/c1-21-15(18-19-20-21)5-4-6-16(24)17-10-9-12-7-8-13(22-2)14(11-12)23-3/h7-8,11H,4-6,9-10H2,1-3H3,(H,17,24). The van der Waals surface area contributed by atoms with Crippen LogP contribution in [0.25, 0.3) is 0 Å². The van der Waals surface area contributed by atoms with Crippen molar-refractivity contribution in [3.05, 3.63) is 29.6 Å². The maximum atomic E-state index is 5.37. The summed E-state index contributed by atoms with van der Waals surface area (Å²) < 4.78 is 12.2. The minimum atomic E-state index is 0.739. The highest BCUT2D eigenvalue weighted by Gasteiger charge is 2.06. The molecule has 8 heteroatoms. The number of rotatable bonds is 9. The van der Waals surface area contributed by atoms with E-state index in [4.69, 9.17) is 21.7 Å². The number of tetrazole rings is 1. The Hall–Kier alpha value is -2.22. The molecule has 2 aromatic rings. The van der Waals surface area contributed by atoms with E-state index in [9.17, 15) is 0 Å². The quantitative estimate of drug-likeness (QED) is 0.691. The highest BCUT2D eigenvalue weighted by Crippen LogP contribution is 2.27. The summed E-state index contributed by atoms with van der Waals surface area (Å²) in [6.07, 6.45) is 3.44. The maximum Gasteiger partial charge on any atom is 0.160 e. The molecule has 0 saturated carbocycles. The first-order valence-electron chi connectivity index (χ1n) is 7.83. The smallest absolute Gasteiger partial charge is 0.160 e. The molecule has 1 aromatic carbocycles. The maximum absolute atomic E-state index is 5.37. The lowest BCUT2D eigenvalue weighted by Gasteiger charge is -2.11. The van der Waals surface area contributed by atoms with Gasteiger partial charge in [0.15, 0.2) is 17.3 Å². The summed E-state index contributed by atoms with van der Waals surface area (Å²) in [5.74, 6) is 2.36. The largest absolute Gasteiger partial charge is 0.493 e. The molecule has 0 spiro atoms. The molecule has 0 unspecified atom stereocenters. The molecule has 130 valence electrons. The van der Waals surface area contributed by atoms with Gasteiger partial charge in [0.1, 0.15) is 0 Å². The molecule has 2 rings (SSSR count). The normalized spacial score (nSPS) is 10.5. The van der Waals surface area contributed by atoms with Gasteiger partial charge in [-0.15, -0.1) is 5.10 Å². The summed E-state index contributed by atoms with van der Waals surface area (Å²) >= 11 is 5.37. The Morgan fingerprint density at radius 2 is 2.00 bits per heavy atom. The molecule has 0 atom stereocenters. The molecule has 24 heavy (non-hydrogen) atoms.